The number of imide groups is 1. The summed E-state index contributed by atoms with van der Waals surface area (Å²) >= 11 is 0. The van der Waals surface area contributed by atoms with Crippen LogP contribution in [0, 0.1) is 23.3 Å². The van der Waals surface area contributed by atoms with Crippen molar-refractivity contribution in [2.75, 3.05) is 18.5 Å². The Kier molecular flexibility index (Phi) is 3.94. The second-order valence-electron chi connectivity index (χ2n) is 4.04. The molecule has 2 amide bonds. The lowest BCUT2D eigenvalue weighted by Crippen LogP contribution is -2.34. The van der Waals surface area contributed by atoms with E-state index in [0.29, 0.717) is 4.90 Å². The van der Waals surface area contributed by atoms with Gasteiger partial charge in [0.15, 0.2) is 23.3 Å². The van der Waals surface area contributed by atoms with Crippen molar-refractivity contribution >= 4 is 17.5 Å². The second-order valence-corrected chi connectivity index (χ2v) is 4.04. The van der Waals surface area contributed by atoms with Gasteiger partial charge in [-0.25, -0.2) is 17.6 Å². The Labute approximate surface area is 115 Å². The van der Waals surface area contributed by atoms with Crippen LogP contribution in [0.5, 0.6) is 0 Å². The Hall–Kier alpha value is -2.42. The molecule has 0 bridgehead atoms. The van der Waals surface area contributed by atoms with Crippen LogP contribution in [-0.4, -0.2) is 35.0 Å². The summed E-state index contributed by atoms with van der Waals surface area (Å²) in [6.45, 7) is -0.797. The van der Waals surface area contributed by atoms with Gasteiger partial charge in [0.05, 0.1) is 13.2 Å². The minimum Gasteiger partial charge on any atom is -0.395 e. The number of nitrogens with zero attached hydrogens (tertiary/aromatic N) is 1. The van der Waals surface area contributed by atoms with Gasteiger partial charge in [-0.3, -0.25) is 14.5 Å². The molecule has 0 aromatic heterocycles. The molecule has 0 atom stereocenters. The number of rotatable bonds is 4. The quantitative estimate of drug-likeness (QED) is 0.375. The Morgan fingerprint density at radius 3 is 2.38 bits per heavy atom. The van der Waals surface area contributed by atoms with E-state index in [0.717, 1.165) is 6.08 Å². The van der Waals surface area contributed by atoms with Gasteiger partial charge in [0.25, 0.3) is 11.8 Å². The van der Waals surface area contributed by atoms with Crippen molar-refractivity contribution in [2.45, 2.75) is 0 Å². The lowest BCUT2D eigenvalue weighted by atomic mass is 10.2. The number of carbonyl (C=O) groups is 2. The number of aliphatic hydroxyl groups excluding tert-OH is 1. The number of hydrogen-bond donors (Lipinski definition) is 2. The van der Waals surface area contributed by atoms with Crippen molar-refractivity contribution in [3.05, 3.63) is 41.1 Å². The van der Waals surface area contributed by atoms with Gasteiger partial charge in [0, 0.05) is 12.1 Å². The number of carbonyl (C=O) groups excluding carboxylic acids is 2. The van der Waals surface area contributed by atoms with E-state index in [1.165, 1.54) is 0 Å². The Morgan fingerprint density at radius 2 is 1.76 bits per heavy atom. The minimum absolute atomic E-state index is 0.105. The summed E-state index contributed by atoms with van der Waals surface area (Å²) < 4.78 is 52.7. The van der Waals surface area contributed by atoms with E-state index in [4.69, 9.17) is 5.11 Å². The normalized spacial score (nSPS) is 14.7. The predicted molar refractivity (Wildman–Crippen MR) is 61.8 cm³/mol. The molecular weight excluding hydrogens is 296 g/mol. The summed E-state index contributed by atoms with van der Waals surface area (Å²) in [5.74, 6) is -8.70. The van der Waals surface area contributed by atoms with Gasteiger partial charge in [-0.2, -0.15) is 0 Å². The van der Waals surface area contributed by atoms with Crippen LogP contribution in [0.15, 0.2) is 17.8 Å². The highest BCUT2D eigenvalue weighted by Gasteiger charge is 2.32. The standard InChI is InChI=1S/C12H8F4N2O3/c13-5-3-6(14)11(10(16)9(5)15)17-7-4-8(20)18(1-2-19)12(7)21/h3-4,17,19H,1-2H2. The molecule has 0 fully saturated rings. The molecule has 0 saturated carbocycles. The van der Waals surface area contributed by atoms with Crippen LogP contribution in [0.3, 0.4) is 0 Å². The maximum atomic E-state index is 13.5. The van der Waals surface area contributed by atoms with Crippen molar-refractivity contribution in [3.8, 4) is 0 Å². The lowest BCUT2D eigenvalue weighted by Gasteiger charge is -2.14. The van der Waals surface area contributed by atoms with Crippen LogP contribution in [0.1, 0.15) is 0 Å². The van der Waals surface area contributed by atoms with Crippen molar-refractivity contribution in [2.24, 2.45) is 0 Å². The highest BCUT2D eigenvalue weighted by molar-refractivity contribution is 6.17. The topological polar surface area (TPSA) is 69.6 Å². The predicted octanol–water partition coefficient (Wildman–Crippen LogP) is 0.900. The summed E-state index contributed by atoms with van der Waals surface area (Å²) in [6.07, 6.45) is 0.734. The average Bonchev–Trinajstić information content (AvgIpc) is 2.69. The van der Waals surface area contributed by atoms with Gasteiger partial charge in [0.2, 0.25) is 0 Å². The van der Waals surface area contributed by atoms with Crippen LogP contribution in [0.4, 0.5) is 23.2 Å². The molecule has 112 valence electrons. The summed E-state index contributed by atoms with van der Waals surface area (Å²) in [7, 11) is 0. The number of anilines is 1. The van der Waals surface area contributed by atoms with Crippen LogP contribution < -0.4 is 5.32 Å². The van der Waals surface area contributed by atoms with Gasteiger partial charge >= 0.3 is 0 Å². The third kappa shape index (κ3) is 2.59. The number of halogens is 4. The first kappa shape index (κ1) is 15.0. The summed E-state index contributed by atoms with van der Waals surface area (Å²) in [6, 6.07) is 0.105. The van der Waals surface area contributed by atoms with Crippen molar-refractivity contribution in [1.82, 2.24) is 4.90 Å². The average molecular weight is 304 g/mol. The largest absolute Gasteiger partial charge is 0.395 e. The van der Waals surface area contributed by atoms with E-state index in [1.807, 2.05) is 5.32 Å². The fraction of sp³-hybridized carbons (Fsp3) is 0.167. The van der Waals surface area contributed by atoms with Gasteiger partial charge in [-0.05, 0) is 0 Å². The SMILES string of the molecule is O=C1C=C(Nc2c(F)cc(F)c(F)c2F)C(=O)N1CCO. The molecule has 21 heavy (non-hydrogen) atoms. The Bertz CT molecular complexity index is 660. The van der Waals surface area contributed by atoms with E-state index in [1.54, 1.807) is 0 Å². The first-order valence-electron chi connectivity index (χ1n) is 5.65. The van der Waals surface area contributed by atoms with Crippen LogP contribution in [0.25, 0.3) is 0 Å². The van der Waals surface area contributed by atoms with Crippen molar-refractivity contribution < 1.29 is 32.3 Å². The molecule has 0 spiro atoms. The van der Waals surface area contributed by atoms with Crippen molar-refractivity contribution in [3.63, 3.8) is 0 Å². The number of hydrogen-bond acceptors (Lipinski definition) is 4. The third-order valence-electron chi connectivity index (χ3n) is 2.71. The maximum absolute atomic E-state index is 13.5. The highest BCUT2D eigenvalue weighted by Crippen LogP contribution is 2.26. The molecule has 1 aromatic carbocycles. The molecule has 5 nitrogen and oxygen atoms in total. The molecule has 1 aromatic rings. The molecule has 0 unspecified atom stereocenters. The molecule has 0 aliphatic carbocycles. The van der Waals surface area contributed by atoms with Crippen molar-refractivity contribution in [1.29, 1.82) is 0 Å². The van der Waals surface area contributed by atoms with E-state index >= 15 is 0 Å². The Balaban J connectivity index is 2.32. The smallest absolute Gasteiger partial charge is 0.277 e. The number of β-amino-alcohol motifs (C(OH)–C–C–N with tert-alkyl or cyclic N) is 1. The number of benzene rings is 1. The maximum Gasteiger partial charge on any atom is 0.277 e. The minimum atomic E-state index is -1.91. The van der Waals surface area contributed by atoms with E-state index in [-0.39, 0.29) is 12.6 Å². The van der Waals surface area contributed by atoms with Crippen LogP contribution in [0.2, 0.25) is 0 Å². The van der Waals surface area contributed by atoms with Crippen LogP contribution in [-0.2, 0) is 9.59 Å². The first-order valence-corrected chi connectivity index (χ1v) is 5.65. The van der Waals surface area contributed by atoms with Gasteiger partial charge < -0.3 is 10.4 Å². The Morgan fingerprint density at radius 1 is 1.10 bits per heavy atom. The fourth-order valence-electron chi connectivity index (χ4n) is 1.73. The molecular formula is C12H8F4N2O3. The number of amides is 2. The third-order valence-corrected chi connectivity index (χ3v) is 2.71. The molecule has 0 saturated heterocycles. The summed E-state index contributed by atoms with van der Waals surface area (Å²) in [5, 5.41) is 10.6. The number of aliphatic hydroxyl groups is 1. The zero-order valence-electron chi connectivity index (χ0n) is 10.3. The fourth-order valence-corrected chi connectivity index (χ4v) is 1.73. The van der Waals surface area contributed by atoms with E-state index in [2.05, 4.69) is 0 Å². The zero-order chi connectivity index (χ0) is 15.7. The first-order chi connectivity index (χ1) is 9.86. The van der Waals surface area contributed by atoms with Gasteiger partial charge in [0.1, 0.15) is 11.4 Å². The second kappa shape index (κ2) is 5.52. The molecule has 2 N–H and O–H groups in total. The van der Waals surface area contributed by atoms with Gasteiger partial charge in [-0.15, -0.1) is 0 Å². The summed E-state index contributed by atoms with van der Waals surface area (Å²) in [4.78, 5) is 23.8. The monoisotopic (exact) mass is 304 g/mol. The van der Waals surface area contributed by atoms with E-state index in [9.17, 15) is 27.2 Å². The summed E-state index contributed by atoms with van der Waals surface area (Å²) in [5.41, 5.74) is -1.61. The molecule has 1 heterocycles. The van der Waals surface area contributed by atoms with E-state index < -0.39 is 53.1 Å². The lowest BCUT2D eigenvalue weighted by molar-refractivity contribution is -0.137. The zero-order valence-corrected chi connectivity index (χ0v) is 10.3. The van der Waals surface area contributed by atoms with Crippen LogP contribution >= 0.6 is 0 Å². The molecule has 9 heteroatoms. The molecule has 1 aliphatic heterocycles. The van der Waals surface area contributed by atoms with Gasteiger partial charge in [-0.1, -0.05) is 0 Å². The molecule has 1 aliphatic rings. The number of nitrogens with one attached hydrogen (secondary N) is 1. The molecule has 0 radical (unpaired) electrons. The highest BCUT2D eigenvalue weighted by atomic mass is 19.2. The molecule has 2 rings (SSSR count).